The third-order valence-corrected chi connectivity index (χ3v) is 6.57. The van der Waals surface area contributed by atoms with Crippen LogP contribution in [0, 0.1) is 6.92 Å². The predicted molar refractivity (Wildman–Crippen MR) is 108 cm³/mol. The van der Waals surface area contributed by atoms with E-state index in [0.717, 1.165) is 16.3 Å². The summed E-state index contributed by atoms with van der Waals surface area (Å²) in [6.45, 7) is 1.80. The van der Waals surface area contributed by atoms with Gasteiger partial charge in [-0.15, -0.1) is 21.5 Å². The fourth-order valence-electron chi connectivity index (χ4n) is 2.17. The van der Waals surface area contributed by atoms with Gasteiger partial charge < -0.3 is 10.1 Å². The zero-order valence-corrected chi connectivity index (χ0v) is 17.4. The van der Waals surface area contributed by atoms with E-state index in [0.29, 0.717) is 23.0 Å². The maximum Gasteiger partial charge on any atom is 0.263 e. The van der Waals surface area contributed by atoms with Crippen molar-refractivity contribution in [1.82, 2.24) is 15.2 Å². The first kappa shape index (κ1) is 20.2. The Morgan fingerprint density at radius 3 is 2.57 bits per heavy atom. The summed E-state index contributed by atoms with van der Waals surface area (Å²) in [6, 6.07) is 6.05. The van der Waals surface area contributed by atoms with Crippen LogP contribution in [0.15, 0.2) is 34.5 Å². The Balaban J connectivity index is 1.56. The maximum absolute atomic E-state index is 12.4. The number of nitrogens with one attached hydrogen (secondary N) is 2. The largest absolute Gasteiger partial charge is 0.497 e. The van der Waals surface area contributed by atoms with E-state index < -0.39 is 10.0 Å². The first-order valence-electron chi connectivity index (χ1n) is 8.07. The first-order valence-corrected chi connectivity index (χ1v) is 11.2. The third-order valence-electron chi connectivity index (χ3n) is 3.52. The molecule has 2 N–H and O–H groups in total. The van der Waals surface area contributed by atoms with Crippen molar-refractivity contribution < 1.29 is 17.9 Å². The average molecular weight is 440 g/mol. The number of anilines is 2. The van der Waals surface area contributed by atoms with Crippen LogP contribution in [0.1, 0.15) is 17.1 Å². The number of hydrogen-bond donors (Lipinski definition) is 2. The molecule has 0 radical (unpaired) electrons. The number of carbonyl (C=O) groups is 1. The molecular formula is C16H17N5O4S3. The van der Waals surface area contributed by atoms with Crippen LogP contribution < -0.4 is 14.8 Å². The zero-order valence-electron chi connectivity index (χ0n) is 15.0. The minimum atomic E-state index is -3.75. The maximum atomic E-state index is 12.4. The van der Waals surface area contributed by atoms with Crippen LogP contribution >= 0.6 is 22.7 Å². The van der Waals surface area contributed by atoms with E-state index in [4.69, 9.17) is 4.74 Å². The normalized spacial score (nSPS) is 11.2. The van der Waals surface area contributed by atoms with Gasteiger partial charge in [-0.2, -0.15) is 0 Å². The average Bonchev–Trinajstić information content (AvgIpc) is 3.28. The molecular weight excluding hydrogens is 422 g/mol. The molecule has 0 atom stereocenters. The molecule has 3 rings (SSSR count). The Bertz CT molecular complexity index is 1060. The molecule has 2 aromatic heterocycles. The fourth-order valence-corrected chi connectivity index (χ4v) is 4.77. The van der Waals surface area contributed by atoms with Crippen molar-refractivity contribution in [1.29, 1.82) is 0 Å². The molecule has 9 nitrogen and oxygen atoms in total. The molecule has 0 aliphatic carbocycles. The molecule has 0 aliphatic heterocycles. The molecule has 0 fully saturated rings. The van der Waals surface area contributed by atoms with E-state index >= 15 is 0 Å². The summed E-state index contributed by atoms with van der Waals surface area (Å²) in [5.41, 5.74) is 0.626. The number of thiazole rings is 1. The minimum Gasteiger partial charge on any atom is -0.497 e. The van der Waals surface area contributed by atoms with Crippen LogP contribution in [-0.4, -0.2) is 36.6 Å². The van der Waals surface area contributed by atoms with Gasteiger partial charge >= 0.3 is 0 Å². The zero-order chi connectivity index (χ0) is 20.1. The first-order chi connectivity index (χ1) is 13.4. The Kier molecular flexibility index (Phi) is 6.21. The van der Waals surface area contributed by atoms with Crippen LogP contribution in [0.4, 0.5) is 10.3 Å². The second-order valence-corrected chi connectivity index (χ2v) is 9.32. The predicted octanol–water partition coefficient (Wildman–Crippen LogP) is 2.68. The van der Waals surface area contributed by atoms with Gasteiger partial charge in [-0.05, 0) is 37.6 Å². The smallest absolute Gasteiger partial charge is 0.263 e. The van der Waals surface area contributed by atoms with Crippen LogP contribution in [0.2, 0.25) is 0 Å². The molecule has 148 valence electrons. The van der Waals surface area contributed by atoms with E-state index in [1.165, 1.54) is 30.6 Å². The van der Waals surface area contributed by atoms with Crippen LogP contribution in [0.25, 0.3) is 0 Å². The highest BCUT2D eigenvalue weighted by atomic mass is 32.2. The van der Waals surface area contributed by atoms with E-state index in [-0.39, 0.29) is 22.4 Å². The summed E-state index contributed by atoms with van der Waals surface area (Å²) < 4.78 is 32.3. The van der Waals surface area contributed by atoms with Gasteiger partial charge in [-0.1, -0.05) is 11.3 Å². The summed E-state index contributed by atoms with van der Waals surface area (Å²) in [4.78, 5) is 16.3. The summed E-state index contributed by atoms with van der Waals surface area (Å²) >= 11 is 2.46. The van der Waals surface area contributed by atoms with Gasteiger partial charge in [0.05, 0.1) is 17.7 Å². The molecule has 2 heterocycles. The number of hydrogen-bond acceptors (Lipinski definition) is 9. The Morgan fingerprint density at radius 1 is 1.18 bits per heavy atom. The number of ether oxygens (including phenoxy) is 1. The van der Waals surface area contributed by atoms with Crippen molar-refractivity contribution in [3.8, 4) is 5.75 Å². The lowest BCUT2D eigenvalue weighted by atomic mass is 10.2. The minimum absolute atomic E-state index is 0.108. The standard InChI is InChI=1S/C16H17N5O4S3/c1-10-19-20-15(27-10)18-14(22)8-3-11-9-26-16(17-11)21-28(23,24)13-6-4-12(25-2)5-7-13/h4-7,9H,3,8H2,1-2H3,(H,17,21)(H,18,20,22). The lowest BCUT2D eigenvalue weighted by Crippen LogP contribution is -2.13. The Labute approximate surface area is 169 Å². The number of benzene rings is 1. The van der Waals surface area contributed by atoms with E-state index in [1.807, 2.05) is 0 Å². The lowest BCUT2D eigenvalue weighted by molar-refractivity contribution is -0.116. The van der Waals surface area contributed by atoms with Gasteiger partial charge in [0.2, 0.25) is 11.0 Å². The Morgan fingerprint density at radius 2 is 1.93 bits per heavy atom. The van der Waals surface area contributed by atoms with Crippen molar-refractivity contribution in [2.45, 2.75) is 24.7 Å². The van der Waals surface area contributed by atoms with Crippen molar-refractivity contribution >= 4 is 48.9 Å². The van der Waals surface area contributed by atoms with Crippen molar-refractivity contribution in [2.75, 3.05) is 17.1 Å². The second kappa shape index (κ2) is 8.63. The van der Waals surface area contributed by atoms with Crippen molar-refractivity contribution in [3.63, 3.8) is 0 Å². The van der Waals surface area contributed by atoms with Gasteiger partial charge in [0.25, 0.3) is 10.0 Å². The summed E-state index contributed by atoms with van der Waals surface area (Å²) in [6.07, 6.45) is 0.581. The van der Waals surface area contributed by atoms with E-state index in [2.05, 4.69) is 25.2 Å². The number of aryl methyl sites for hydroxylation is 2. The molecule has 0 aliphatic rings. The Hall–Kier alpha value is -2.57. The number of nitrogens with zero attached hydrogens (tertiary/aromatic N) is 3. The monoisotopic (exact) mass is 439 g/mol. The molecule has 0 saturated heterocycles. The van der Waals surface area contributed by atoms with Crippen molar-refractivity contribution in [3.05, 3.63) is 40.3 Å². The molecule has 28 heavy (non-hydrogen) atoms. The second-order valence-electron chi connectivity index (χ2n) is 5.60. The molecule has 0 unspecified atom stereocenters. The molecule has 3 aromatic rings. The van der Waals surface area contributed by atoms with Gasteiger partial charge in [-0.3, -0.25) is 9.52 Å². The molecule has 0 bridgehead atoms. The molecule has 1 aromatic carbocycles. The summed E-state index contributed by atoms with van der Waals surface area (Å²) in [5.74, 6) is 0.363. The van der Waals surface area contributed by atoms with E-state index in [9.17, 15) is 13.2 Å². The van der Waals surface area contributed by atoms with Crippen LogP contribution in [0.3, 0.4) is 0 Å². The third kappa shape index (κ3) is 5.24. The molecule has 1 amide bonds. The number of amides is 1. The molecule has 0 saturated carbocycles. The number of carbonyl (C=O) groups excluding carboxylic acids is 1. The van der Waals surface area contributed by atoms with Gasteiger partial charge in [0.15, 0.2) is 5.13 Å². The highest BCUT2D eigenvalue weighted by Crippen LogP contribution is 2.22. The highest BCUT2D eigenvalue weighted by molar-refractivity contribution is 7.93. The fraction of sp³-hybridized carbons (Fsp3) is 0.250. The summed E-state index contributed by atoms with van der Waals surface area (Å²) in [5, 5.41) is 13.5. The quantitative estimate of drug-likeness (QED) is 0.553. The number of methoxy groups -OCH3 is 1. The van der Waals surface area contributed by atoms with Crippen LogP contribution in [-0.2, 0) is 21.2 Å². The van der Waals surface area contributed by atoms with E-state index in [1.54, 1.807) is 24.4 Å². The number of aromatic nitrogens is 3. The highest BCUT2D eigenvalue weighted by Gasteiger charge is 2.16. The van der Waals surface area contributed by atoms with Gasteiger partial charge in [-0.25, -0.2) is 13.4 Å². The summed E-state index contributed by atoms with van der Waals surface area (Å²) in [7, 11) is -2.24. The van der Waals surface area contributed by atoms with Gasteiger partial charge in [0.1, 0.15) is 10.8 Å². The number of sulfonamides is 1. The molecule has 12 heteroatoms. The van der Waals surface area contributed by atoms with Gasteiger partial charge in [0, 0.05) is 11.8 Å². The topological polar surface area (TPSA) is 123 Å². The lowest BCUT2D eigenvalue weighted by Gasteiger charge is -2.06. The number of rotatable bonds is 8. The SMILES string of the molecule is COc1ccc(S(=O)(=O)Nc2nc(CCC(=O)Nc3nnc(C)s3)cs2)cc1. The van der Waals surface area contributed by atoms with Crippen molar-refractivity contribution in [2.24, 2.45) is 0 Å². The molecule has 0 spiro atoms. The van der Waals surface area contributed by atoms with Crippen LogP contribution in [0.5, 0.6) is 5.75 Å².